The van der Waals surface area contributed by atoms with Gasteiger partial charge in [-0.1, -0.05) is 60.2 Å². The molecule has 9 heteroatoms. The number of aryl methyl sites for hydroxylation is 1. The fourth-order valence-corrected chi connectivity index (χ4v) is 5.53. The average Bonchev–Trinajstić information content (AvgIpc) is 2.91. The fourth-order valence-electron chi connectivity index (χ4n) is 4.09. The number of benzene rings is 3. The van der Waals surface area contributed by atoms with Crippen LogP contribution in [-0.4, -0.2) is 50.9 Å². The topological polar surface area (TPSA) is 96.0 Å². The van der Waals surface area contributed by atoms with Crippen molar-refractivity contribution in [2.24, 2.45) is 0 Å². The summed E-state index contributed by atoms with van der Waals surface area (Å²) in [5, 5.41) is 2.76. The summed E-state index contributed by atoms with van der Waals surface area (Å²) < 4.78 is 34.5. The summed E-state index contributed by atoms with van der Waals surface area (Å²) in [7, 11) is -4.15. The second-order valence-corrected chi connectivity index (χ2v) is 10.7. The van der Waals surface area contributed by atoms with Crippen molar-refractivity contribution in [2.45, 2.75) is 45.2 Å². The van der Waals surface area contributed by atoms with Crippen LogP contribution in [0.3, 0.4) is 0 Å². The summed E-state index contributed by atoms with van der Waals surface area (Å²) in [6.07, 6.45) is 0. The lowest BCUT2D eigenvalue weighted by atomic mass is 10.1. The number of carbonyl (C=O) groups excluding carboxylic acids is 2. The minimum absolute atomic E-state index is 0.0427. The third-order valence-electron chi connectivity index (χ3n) is 6.00. The number of para-hydroxylation sites is 2. The van der Waals surface area contributed by atoms with Crippen LogP contribution in [0.2, 0.25) is 0 Å². The maximum absolute atomic E-state index is 13.9. The lowest BCUT2D eigenvalue weighted by Gasteiger charge is -2.32. The molecule has 0 aliphatic rings. The van der Waals surface area contributed by atoms with Gasteiger partial charge >= 0.3 is 0 Å². The maximum Gasteiger partial charge on any atom is 0.264 e. The Morgan fingerprint density at radius 2 is 1.63 bits per heavy atom. The molecule has 3 aromatic carbocycles. The summed E-state index contributed by atoms with van der Waals surface area (Å²) in [5.41, 5.74) is 2.09. The number of sulfonamides is 1. The molecule has 0 heterocycles. The lowest BCUT2D eigenvalue weighted by molar-refractivity contribution is -0.139. The number of hydrogen-bond donors (Lipinski definition) is 1. The normalized spacial score (nSPS) is 11.9. The summed E-state index contributed by atoms with van der Waals surface area (Å²) >= 11 is 0. The molecule has 0 bridgehead atoms. The average molecular weight is 538 g/mol. The van der Waals surface area contributed by atoms with Crippen molar-refractivity contribution in [3.63, 3.8) is 0 Å². The molecule has 0 spiro atoms. The van der Waals surface area contributed by atoms with E-state index in [-0.39, 0.29) is 23.0 Å². The van der Waals surface area contributed by atoms with E-state index >= 15 is 0 Å². The van der Waals surface area contributed by atoms with Crippen LogP contribution in [0, 0.1) is 6.92 Å². The van der Waals surface area contributed by atoms with E-state index in [0.717, 1.165) is 15.4 Å². The zero-order valence-corrected chi connectivity index (χ0v) is 23.1. The van der Waals surface area contributed by atoms with Crippen molar-refractivity contribution in [2.75, 3.05) is 24.0 Å². The van der Waals surface area contributed by atoms with E-state index in [2.05, 4.69) is 5.32 Å². The van der Waals surface area contributed by atoms with Crippen LogP contribution < -0.4 is 14.4 Å². The Hall–Kier alpha value is -3.85. The van der Waals surface area contributed by atoms with Crippen LogP contribution in [0.25, 0.3) is 0 Å². The first-order valence-electron chi connectivity index (χ1n) is 12.6. The number of carbonyl (C=O) groups is 2. The third kappa shape index (κ3) is 6.92. The van der Waals surface area contributed by atoms with Gasteiger partial charge in [0.25, 0.3) is 10.0 Å². The molecule has 3 rings (SSSR count). The standard InChI is InChI=1S/C29H35N3O5S/c1-5-30-29(34)23(4)31(20-24-14-12-13-22(3)19-24)28(33)21-32(26-17-10-11-18-27(26)37-6-2)38(35,36)25-15-8-7-9-16-25/h7-19,23H,5-6,20-21H2,1-4H3,(H,30,34)/t23-/m1/s1. The van der Waals surface area contributed by atoms with Gasteiger partial charge < -0.3 is 15.0 Å². The Kier molecular flexibility index (Phi) is 9.90. The van der Waals surface area contributed by atoms with Gasteiger partial charge in [-0.25, -0.2) is 8.42 Å². The van der Waals surface area contributed by atoms with Gasteiger partial charge in [0.1, 0.15) is 18.3 Å². The molecule has 38 heavy (non-hydrogen) atoms. The van der Waals surface area contributed by atoms with E-state index in [1.54, 1.807) is 63.2 Å². The predicted octanol–water partition coefficient (Wildman–Crippen LogP) is 4.14. The zero-order valence-electron chi connectivity index (χ0n) is 22.3. The van der Waals surface area contributed by atoms with Gasteiger partial charge in [-0.05, 0) is 57.5 Å². The molecule has 3 aromatic rings. The Morgan fingerprint density at radius 1 is 0.947 bits per heavy atom. The lowest BCUT2D eigenvalue weighted by Crippen LogP contribution is -2.51. The molecule has 2 amide bonds. The first kappa shape index (κ1) is 28.7. The van der Waals surface area contributed by atoms with Crippen molar-refractivity contribution in [3.8, 4) is 5.75 Å². The zero-order chi connectivity index (χ0) is 27.7. The summed E-state index contributed by atoms with van der Waals surface area (Å²) in [4.78, 5) is 28.2. The molecule has 0 fully saturated rings. The first-order chi connectivity index (χ1) is 18.2. The second kappa shape index (κ2) is 13.1. The maximum atomic E-state index is 13.9. The number of nitrogens with zero attached hydrogens (tertiary/aromatic N) is 2. The number of rotatable bonds is 12. The number of nitrogens with one attached hydrogen (secondary N) is 1. The Bertz CT molecular complexity index is 1350. The van der Waals surface area contributed by atoms with Crippen LogP contribution in [0.5, 0.6) is 5.75 Å². The highest BCUT2D eigenvalue weighted by atomic mass is 32.2. The molecular weight excluding hydrogens is 502 g/mol. The van der Waals surface area contributed by atoms with Crippen molar-refractivity contribution < 1.29 is 22.7 Å². The number of hydrogen-bond acceptors (Lipinski definition) is 5. The summed E-state index contributed by atoms with van der Waals surface area (Å²) in [6.45, 7) is 7.54. The number of likely N-dealkylation sites (N-methyl/N-ethyl adjacent to an activating group) is 1. The van der Waals surface area contributed by atoms with E-state index in [1.165, 1.54) is 17.0 Å². The minimum atomic E-state index is -4.15. The first-order valence-corrected chi connectivity index (χ1v) is 14.0. The van der Waals surface area contributed by atoms with E-state index in [0.29, 0.717) is 18.9 Å². The van der Waals surface area contributed by atoms with Gasteiger partial charge in [-0.15, -0.1) is 0 Å². The molecule has 0 saturated carbocycles. The third-order valence-corrected chi connectivity index (χ3v) is 7.77. The van der Waals surface area contributed by atoms with E-state index in [4.69, 9.17) is 4.74 Å². The van der Waals surface area contributed by atoms with Gasteiger partial charge in [-0.2, -0.15) is 0 Å². The molecule has 1 N–H and O–H groups in total. The van der Waals surface area contributed by atoms with Crippen LogP contribution >= 0.6 is 0 Å². The van der Waals surface area contributed by atoms with Gasteiger partial charge in [0.2, 0.25) is 11.8 Å². The van der Waals surface area contributed by atoms with E-state index < -0.39 is 28.5 Å². The highest BCUT2D eigenvalue weighted by molar-refractivity contribution is 7.92. The highest BCUT2D eigenvalue weighted by Crippen LogP contribution is 2.32. The van der Waals surface area contributed by atoms with E-state index in [9.17, 15) is 18.0 Å². The summed E-state index contributed by atoms with van der Waals surface area (Å²) in [5.74, 6) is -0.499. The van der Waals surface area contributed by atoms with Crippen LogP contribution in [0.1, 0.15) is 31.9 Å². The molecule has 0 aromatic heterocycles. The molecule has 0 unspecified atom stereocenters. The number of anilines is 1. The smallest absolute Gasteiger partial charge is 0.264 e. The molecule has 202 valence electrons. The van der Waals surface area contributed by atoms with Gasteiger partial charge in [-0.3, -0.25) is 13.9 Å². The molecule has 0 aliphatic heterocycles. The van der Waals surface area contributed by atoms with Gasteiger partial charge in [0.15, 0.2) is 0 Å². The van der Waals surface area contributed by atoms with Crippen molar-refractivity contribution in [1.29, 1.82) is 0 Å². The molecular formula is C29H35N3O5S. The number of amides is 2. The van der Waals surface area contributed by atoms with Crippen LogP contribution in [-0.2, 0) is 26.2 Å². The van der Waals surface area contributed by atoms with Gasteiger partial charge in [0.05, 0.1) is 17.2 Å². The highest BCUT2D eigenvalue weighted by Gasteiger charge is 2.33. The predicted molar refractivity (Wildman–Crippen MR) is 148 cm³/mol. The molecule has 0 saturated heterocycles. The van der Waals surface area contributed by atoms with Crippen molar-refractivity contribution >= 4 is 27.5 Å². The number of ether oxygens (including phenoxy) is 1. The van der Waals surface area contributed by atoms with Crippen molar-refractivity contribution in [1.82, 2.24) is 10.2 Å². The van der Waals surface area contributed by atoms with Crippen LogP contribution in [0.15, 0.2) is 83.8 Å². The van der Waals surface area contributed by atoms with Crippen LogP contribution in [0.4, 0.5) is 5.69 Å². The monoisotopic (exact) mass is 537 g/mol. The summed E-state index contributed by atoms with van der Waals surface area (Å²) in [6, 6.07) is 21.5. The molecule has 0 radical (unpaired) electrons. The Balaban J connectivity index is 2.07. The fraction of sp³-hybridized carbons (Fsp3) is 0.310. The second-order valence-electron chi connectivity index (χ2n) is 8.81. The largest absolute Gasteiger partial charge is 0.492 e. The molecule has 8 nitrogen and oxygen atoms in total. The Morgan fingerprint density at radius 3 is 2.29 bits per heavy atom. The Labute approximate surface area is 225 Å². The molecule has 1 atom stereocenters. The van der Waals surface area contributed by atoms with Crippen molar-refractivity contribution in [3.05, 3.63) is 90.0 Å². The molecule has 0 aliphatic carbocycles. The minimum Gasteiger partial charge on any atom is -0.492 e. The quantitative estimate of drug-likeness (QED) is 0.375. The van der Waals surface area contributed by atoms with Gasteiger partial charge in [0, 0.05) is 13.1 Å². The SMILES string of the molecule is CCNC(=O)[C@@H](C)N(Cc1cccc(C)c1)C(=O)CN(c1ccccc1OCC)S(=O)(=O)c1ccccc1. The van der Waals surface area contributed by atoms with E-state index in [1.807, 2.05) is 31.2 Å².